The van der Waals surface area contributed by atoms with Crippen LogP contribution in [-0.4, -0.2) is 28.4 Å². The lowest BCUT2D eigenvalue weighted by Gasteiger charge is -2.21. The maximum atomic E-state index is 12.0. The third kappa shape index (κ3) is 2.67. The molecule has 1 unspecified atom stereocenters. The molecule has 1 aliphatic rings. The highest BCUT2D eigenvalue weighted by molar-refractivity contribution is 6.10. The summed E-state index contributed by atoms with van der Waals surface area (Å²) in [6.07, 6.45) is 0.563. The summed E-state index contributed by atoms with van der Waals surface area (Å²) < 4.78 is 0. The Hall–Kier alpha value is -1.88. The molecule has 1 aromatic carbocycles. The van der Waals surface area contributed by atoms with Crippen LogP contribution < -0.4 is 11.1 Å². The van der Waals surface area contributed by atoms with E-state index < -0.39 is 5.54 Å². The number of nitrogens with one attached hydrogen (secondary N) is 1. The molecule has 108 valence electrons. The van der Waals surface area contributed by atoms with Crippen molar-refractivity contribution >= 4 is 11.7 Å². The van der Waals surface area contributed by atoms with Gasteiger partial charge in [0.05, 0.1) is 6.04 Å². The van der Waals surface area contributed by atoms with Crippen LogP contribution in [0.2, 0.25) is 0 Å². The number of hydrogen-bond donors (Lipinski definition) is 3. The second-order valence-electron chi connectivity index (χ2n) is 5.73. The van der Waals surface area contributed by atoms with Crippen molar-refractivity contribution in [3.8, 4) is 5.75 Å². The minimum Gasteiger partial charge on any atom is -0.508 e. The van der Waals surface area contributed by atoms with Gasteiger partial charge < -0.3 is 16.2 Å². The maximum Gasteiger partial charge on any atom is 0.253 e. The fourth-order valence-corrected chi connectivity index (χ4v) is 2.12. The van der Waals surface area contributed by atoms with E-state index in [0.29, 0.717) is 12.3 Å². The zero-order valence-corrected chi connectivity index (χ0v) is 12.1. The lowest BCUT2D eigenvalue weighted by Crippen LogP contribution is -2.44. The van der Waals surface area contributed by atoms with E-state index in [4.69, 9.17) is 5.73 Å². The van der Waals surface area contributed by atoms with E-state index in [1.54, 1.807) is 12.1 Å². The molecule has 1 aromatic rings. The third-order valence-corrected chi connectivity index (χ3v) is 3.92. The number of nitrogens with two attached hydrogens (primary N) is 1. The van der Waals surface area contributed by atoms with Crippen LogP contribution in [0.25, 0.3) is 0 Å². The van der Waals surface area contributed by atoms with E-state index in [9.17, 15) is 9.90 Å². The molecule has 1 aliphatic heterocycles. The van der Waals surface area contributed by atoms with Crippen molar-refractivity contribution in [2.24, 2.45) is 16.6 Å². The molecule has 5 heteroatoms. The molecule has 4 N–H and O–H groups in total. The SMILES string of the molecule is CC(C)C1(C)N=C([C@@H](N)Cc2ccc(O)cc2)NC1=O. The first kappa shape index (κ1) is 14.5. The largest absolute Gasteiger partial charge is 0.508 e. The summed E-state index contributed by atoms with van der Waals surface area (Å²) in [5, 5.41) is 12.0. The average molecular weight is 275 g/mol. The van der Waals surface area contributed by atoms with E-state index in [0.717, 1.165) is 5.56 Å². The van der Waals surface area contributed by atoms with Gasteiger partial charge in [0.25, 0.3) is 5.91 Å². The Kier molecular flexibility index (Phi) is 3.81. The summed E-state index contributed by atoms with van der Waals surface area (Å²) >= 11 is 0. The molecule has 1 amide bonds. The van der Waals surface area contributed by atoms with Crippen molar-refractivity contribution in [1.82, 2.24) is 5.32 Å². The second-order valence-corrected chi connectivity index (χ2v) is 5.73. The summed E-state index contributed by atoms with van der Waals surface area (Å²) in [6.45, 7) is 5.77. The molecule has 0 fully saturated rings. The molecule has 5 nitrogen and oxygen atoms in total. The summed E-state index contributed by atoms with van der Waals surface area (Å²) in [6, 6.07) is 6.51. The molecule has 0 aromatic heterocycles. The van der Waals surface area contributed by atoms with Gasteiger partial charge in [0.1, 0.15) is 17.1 Å². The van der Waals surface area contributed by atoms with Gasteiger partial charge in [0.15, 0.2) is 0 Å². The van der Waals surface area contributed by atoms with Crippen molar-refractivity contribution < 1.29 is 9.90 Å². The van der Waals surface area contributed by atoms with Crippen LogP contribution in [0.15, 0.2) is 29.3 Å². The number of aromatic hydroxyl groups is 1. The molecule has 0 aliphatic carbocycles. The second kappa shape index (κ2) is 5.25. The van der Waals surface area contributed by atoms with Gasteiger partial charge in [0, 0.05) is 0 Å². The topological polar surface area (TPSA) is 87.7 Å². The first-order valence-corrected chi connectivity index (χ1v) is 6.77. The Morgan fingerprint density at radius 2 is 1.95 bits per heavy atom. The Morgan fingerprint density at radius 1 is 1.35 bits per heavy atom. The van der Waals surface area contributed by atoms with Gasteiger partial charge in [-0.05, 0) is 37.0 Å². The van der Waals surface area contributed by atoms with Crippen molar-refractivity contribution in [3.05, 3.63) is 29.8 Å². The molecule has 2 atom stereocenters. The average Bonchev–Trinajstić information content (AvgIpc) is 2.70. The molecule has 0 saturated heterocycles. The quantitative estimate of drug-likeness (QED) is 0.771. The zero-order valence-electron chi connectivity index (χ0n) is 12.1. The summed E-state index contributed by atoms with van der Waals surface area (Å²) in [7, 11) is 0. The molecule has 1 heterocycles. The minimum absolute atomic E-state index is 0.0938. The maximum absolute atomic E-state index is 12.0. The zero-order chi connectivity index (χ0) is 14.9. The molecule has 0 saturated carbocycles. The van der Waals surface area contributed by atoms with Crippen LogP contribution in [0.1, 0.15) is 26.3 Å². The number of benzene rings is 1. The monoisotopic (exact) mass is 275 g/mol. The van der Waals surface area contributed by atoms with Gasteiger partial charge >= 0.3 is 0 Å². The number of phenolic OH excluding ortho intramolecular Hbond substituents is 1. The molecular weight excluding hydrogens is 254 g/mol. The van der Waals surface area contributed by atoms with Gasteiger partial charge in [-0.2, -0.15) is 0 Å². The Bertz CT molecular complexity index is 537. The van der Waals surface area contributed by atoms with E-state index in [-0.39, 0.29) is 23.6 Å². The number of hydrogen-bond acceptors (Lipinski definition) is 4. The first-order chi connectivity index (χ1) is 9.33. The lowest BCUT2D eigenvalue weighted by atomic mass is 9.89. The number of aliphatic imine (C=N–C) groups is 1. The summed E-state index contributed by atoms with van der Waals surface area (Å²) in [4.78, 5) is 16.5. The van der Waals surface area contributed by atoms with Crippen molar-refractivity contribution in [2.45, 2.75) is 38.8 Å². The van der Waals surface area contributed by atoms with Crippen LogP contribution >= 0.6 is 0 Å². The van der Waals surface area contributed by atoms with Crippen molar-refractivity contribution in [3.63, 3.8) is 0 Å². The molecule has 0 bridgehead atoms. The van der Waals surface area contributed by atoms with Crippen molar-refractivity contribution in [1.29, 1.82) is 0 Å². The predicted octanol–water partition coefficient (Wildman–Crippen LogP) is 1.20. The van der Waals surface area contributed by atoms with Crippen molar-refractivity contribution in [2.75, 3.05) is 0 Å². The fraction of sp³-hybridized carbons (Fsp3) is 0.467. The van der Waals surface area contributed by atoms with Crippen LogP contribution in [0.4, 0.5) is 0 Å². The first-order valence-electron chi connectivity index (χ1n) is 6.77. The number of rotatable bonds is 4. The molecule has 2 rings (SSSR count). The normalized spacial score (nSPS) is 23.6. The van der Waals surface area contributed by atoms with Crippen LogP contribution in [0.5, 0.6) is 5.75 Å². The Labute approximate surface area is 118 Å². The highest BCUT2D eigenvalue weighted by Crippen LogP contribution is 2.26. The minimum atomic E-state index is -0.734. The predicted molar refractivity (Wildman–Crippen MR) is 78.6 cm³/mol. The fourth-order valence-electron chi connectivity index (χ4n) is 2.12. The smallest absolute Gasteiger partial charge is 0.253 e. The number of phenols is 1. The highest BCUT2D eigenvalue weighted by Gasteiger charge is 2.42. The van der Waals surface area contributed by atoms with Crippen LogP contribution in [0, 0.1) is 5.92 Å². The molecule has 0 radical (unpaired) electrons. The number of carbonyl (C=O) groups excluding carboxylic acids is 1. The van der Waals surface area contributed by atoms with E-state index >= 15 is 0 Å². The number of carbonyl (C=O) groups is 1. The van der Waals surface area contributed by atoms with E-state index in [1.165, 1.54) is 0 Å². The number of amides is 1. The Balaban J connectivity index is 2.12. The van der Waals surface area contributed by atoms with E-state index in [2.05, 4.69) is 10.3 Å². The highest BCUT2D eigenvalue weighted by atomic mass is 16.3. The van der Waals surface area contributed by atoms with E-state index in [1.807, 2.05) is 32.9 Å². The van der Waals surface area contributed by atoms with Gasteiger partial charge in [-0.25, -0.2) is 0 Å². The van der Waals surface area contributed by atoms with Gasteiger partial charge in [-0.1, -0.05) is 26.0 Å². The third-order valence-electron chi connectivity index (χ3n) is 3.92. The molecule has 20 heavy (non-hydrogen) atoms. The molecule has 0 spiro atoms. The van der Waals surface area contributed by atoms with Crippen LogP contribution in [-0.2, 0) is 11.2 Å². The lowest BCUT2D eigenvalue weighted by molar-refractivity contribution is -0.124. The van der Waals surface area contributed by atoms with Gasteiger partial charge in [-0.15, -0.1) is 0 Å². The number of amidine groups is 1. The Morgan fingerprint density at radius 3 is 2.45 bits per heavy atom. The number of nitrogens with zero attached hydrogens (tertiary/aromatic N) is 1. The molecular formula is C15H21N3O2. The van der Waals surface area contributed by atoms with Gasteiger partial charge in [-0.3, -0.25) is 9.79 Å². The van der Waals surface area contributed by atoms with Gasteiger partial charge in [0.2, 0.25) is 0 Å². The summed E-state index contributed by atoms with van der Waals surface area (Å²) in [5.41, 5.74) is 6.38. The van der Waals surface area contributed by atoms with Crippen LogP contribution in [0.3, 0.4) is 0 Å². The standard InChI is InChI=1S/C15H21N3O2/c1-9(2)15(3)14(20)17-13(18-15)12(16)8-10-4-6-11(19)7-5-10/h4-7,9,12,19H,8,16H2,1-3H3,(H,17,18,20)/t12-,15?/m0/s1. The summed E-state index contributed by atoms with van der Waals surface area (Å²) in [5.74, 6) is 0.782.